The maximum Gasteiger partial charge on any atom is 0.120 e. The molecule has 0 aromatic carbocycles. The van der Waals surface area contributed by atoms with E-state index >= 15 is 0 Å². The number of ether oxygens (including phenoxy) is 1. The lowest BCUT2D eigenvalue weighted by Gasteiger charge is -2.14. The van der Waals surface area contributed by atoms with Crippen LogP contribution in [0.1, 0.15) is 1.37 Å². The van der Waals surface area contributed by atoms with E-state index in [1.165, 1.54) is 0 Å². The van der Waals surface area contributed by atoms with E-state index in [2.05, 4.69) is 19.6 Å². The van der Waals surface area contributed by atoms with E-state index in [1.54, 1.807) is 0 Å². The number of hydrogen-bond donors (Lipinski definition) is 0. The Morgan fingerprint density at radius 3 is 2.44 bits per heavy atom. The van der Waals surface area contributed by atoms with Gasteiger partial charge in [0.1, 0.15) is 6.07 Å². The van der Waals surface area contributed by atoms with Gasteiger partial charge in [0.2, 0.25) is 0 Å². The molecule has 0 saturated heterocycles. The molecule has 0 N–H and O–H groups in total. The molecule has 0 aromatic heterocycles. The minimum atomic E-state index is -1.13. The third-order valence-electron chi connectivity index (χ3n) is 0.877. The first-order chi connectivity index (χ1) is 4.45. The van der Waals surface area contributed by atoms with Crippen LogP contribution >= 0.6 is 11.6 Å². The lowest BCUT2D eigenvalue weighted by atomic mass is 10.9. The standard InChI is InChI=1S/C6H15ClOSi/c1-9(2,3)5-4-8-6-7/h4-6H2,1-3H3/i4D. The summed E-state index contributed by atoms with van der Waals surface area (Å²) >= 11 is 5.30. The molecule has 0 aromatic rings. The fraction of sp³-hybridized carbons (Fsp3) is 1.00. The van der Waals surface area contributed by atoms with E-state index < -0.39 is 14.7 Å². The second-order valence-corrected chi connectivity index (χ2v) is 8.96. The monoisotopic (exact) mass is 167 g/mol. The van der Waals surface area contributed by atoms with Gasteiger partial charge in [0.25, 0.3) is 0 Å². The van der Waals surface area contributed by atoms with Crippen molar-refractivity contribution in [1.29, 1.82) is 0 Å². The molecule has 3 heteroatoms. The zero-order valence-corrected chi connectivity index (χ0v) is 8.03. The summed E-state index contributed by atoms with van der Waals surface area (Å²) in [6.45, 7) is 6.23. The smallest absolute Gasteiger partial charge is 0.120 e. The third kappa shape index (κ3) is 8.47. The lowest BCUT2D eigenvalue weighted by molar-refractivity contribution is 0.194. The Bertz CT molecular complexity index is 94.2. The van der Waals surface area contributed by atoms with Crippen LogP contribution in [0, 0.1) is 0 Å². The second kappa shape index (κ2) is 4.31. The fourth-order valence-corrected chi connectivity index (χ4v) is 1.06. The van der Waals surface area contributed by atoms with Crippen LogP contribution in [0.25, 0.3) is 0 Å². The molecular weight excluding hydrogens is 152 g/mol. The fourth-order valence-electron chi connectivity index (χ4n) is 0.353. The molecule has 1 unspecified atom stereocenters. The molecule has 56 valence electrons. The van der Waals surface area contributed by atoms with Crippen LogP contribution in [0.5, 0.6) is 0 Å². The van der Waals surface area contributed by atoms with Crippen molar-refractivity contribution in [3.8, 4) is 0 Å². The molecule has 0 heterocycles. The number of alkyl halides is 1. The lowest BCUT2D eigenvalue weighted by Crippen LogP contribution is -2.21. The topological polar surface area (TPSA) is 9.23 Å². The average Bonchev–Trinajstić information content (AvgIpc) is 1.59. The van der Waals surface area contributed by atoms with Crippen molar-refractivity contribution in [2.24, 2.45) is 0 Å². The van der Waals surface area contributed by atoms with Gasteiger partial charge in [-0.3, -0.25) is 0 Å². The van der Waals surface area contributed by atoms with E-state index in [9.17, 15) is 0 Å². The van der Waals surface area contributed by atoms with Crippen LogP contribution in [-0.2, 0) is 4.74 Å². The molecule has 0 saturated carbocycles. The Morgan fingerprint density at radius 2 is 2.11 bits per heavy atom. The van der Waals surface area contributed by atoms with Gasteiger partial charge >= 0.3 is 0 Å². The van der Waals surface area contributed by atoms with E-state index in [0.717, 1.165) is 6.04 Å². The Kier molecular flexibility index (Phi) is 3.63. The molecule has 0 aliphatic heterocycles. The predicted molar refractivity (Wildman–Crippen MR) is 44.8 cm³/mol. The van der Waals surface area contributed by atoms with Crippen LogP contribution < -0.4 is 0 Å². The van der Waals surface area contributed by atoms with Crippen molar-refractivity contribution in [3.05, 3.63) is 0 Å². The number of halogens is 1. The van der Waals surface area contributed by atoms with Gasteiger partial charge in [-0.2, -0.15) is 0 Å². The molecule has 0 rings (SSSR count). The molecule has 1 atom stereocenters. The first kappa shape index (κ1) is 7.57. The summed E-state index contributed by atoms with van der Waals surface area (Å²) < 4.78 is 12.2. The van der Waals surface area contributed by atoms with Crippen LogP contribution in [0.2, 0.25) is 25.7 Å². The van der Waals surface area contributed by atoms with E-state index in [-0.39, 0.29) is 6.07 Å². The van der Waals surface area contributed by atoms with Crippen LogP contribution in [0.15, 0.2) is 0 Å². The normalized spacial score (nSPS) is 17.1. The average molecular weight is 168 g/mol. The van der Waals surface area contributed by atoms with E-state index in [0.29, 0.717) is 0 Å². The molecule has 0 aliphatic rings. The SMILES string of the molecule is [2H]C(C[Si](C)(C)C)OCCl. The molecule has 1 nitrogen and oxygen atoms in total. The van der Waals surface area contributed by atoms with Crippen LogP contribution in [0.4, 0.5) is 0 Å². The maximum atomic E-state index is 7.36. The van der Waals surface area contributed by atoms with Gasteiger partial charge in [0.05, 0.1) is 1.37 Å². The van der Waals surface area contributed by atoms with Gasteiger partial charge in [-0.05, 0) is 6.04 Å². The zero-order valence-electron chi connectivity index (χ0n) is 7.28. The molecular formula is C6H15ClOSi. The van der Waals surface area contributed by atoms with Crippen molar-refractivity contribution < 1.29 is 6.11 Å². The van der Waals surface area contributed by atoms with Crippen molar-refractivity contribution >= 4 is 19.7 Å². The van der Waals surface area contributed by atoms with E-state index in [1.807, 2.05) is 0 Å². The van der Waals surface area contributed by atoms with Gasteiger partial charge < -0.3 is 4.74 Å². The van der Waals surface area contributed by atoms with Crippen LogP contribution in [0.3, 0.4) is 0 Å². The summed E-state index contributed by atoms with van der Waals surface area (Å²) in [5.74, 6) is 0. The predicted octanol–water partition coefficient (Wildman–Crippen LogP) is 2.54. The molecule has 0 fully saturated rings. The zero-order chi connectivity index (χ0) is 8.20. The van der Waals surface area contributed by atoms with E-state index in [4.69, 9.17) is 17.7 Å². The van der Waals surface area contributed by atoms with Crippen molar-refractivity contribution in [1.82, 2.24) is 0 Å². The van der Waals surface area contributed by atoms with Gasteiger partial charge in [0, 0.05) is 14.7 Å². The highest BCUT2D eigenvalue weighted by Crippen LogP contribution is 2.07. The Balaban J connectivity index is 3.47. The minimum Gasteiger partial charge on any atom is -0.366 e. The Hall–Kier alpha value is 0.467. The summed E-state index contributed by atoms with van der Waals surface area (Å²) in [5, 5.41) is 0. The van der Waals surface area contributed by atoms with Crippen molar-refractivity contribution in [2.45, 2.75) is 25.7 Å². The van der Waals surface area contributed by atoms with Crippen molar-refractivity contribution in [2.75, 3.05) is 12.6 Å². The number of hydrogen-bond acceptors (Lipinski definition) is 1. The first-order valence-corrected chi connectivity index (χ1v) is 7.30. The highest BCUT2D eigenvalue weighted by Gasteiger charge is 2.11. The van der Waals surface area contributed by atoms with Crippen molar-refractivity contribution in [3.63, 3.8) is 0 Å². The van der Waals surface area contributed by atoms with Gasteiger partial charge in [0.15, 0.2) is 0 Å². The van der Waals surface area contributed by atoms with Gasteiger partial charge in [-0.15, -0.1) is 0 Å². The van der Waals surface area contributed by atoms with Crippen LogP contribution in [-0.4, -0.2) is 20.7 Å². The molecule has 9 heavy (non-hydrogen) atoms. The minimum absolute atomic E-state index is 0.138. The summed E-state index contributed by atoms with van der Waals surface area (Å²) in [6.07, 6.45) is 0. The highest BCUT2D eigenvalue weighted by atomic mass is 35.5. The van der Waals surface area contributed by atoms with Gasteiger partial charge in [-0.1, -0.05) is 31.2 Å². The van der Waals surface area contributed by atoms with Gasteiger partial charge in [-0.25, -0.2) is 0 Å². The maximum absolute atomic E-state index is 7.36. The summed E-state index contributed by atoms with van der Waals surface area (Å²) in [4.78, 5) is 0. The summed E-state index contributed by atoms with van der Waals surface area (Å²) in [6, 6.07) is 0.998. The molecule has 0 spiro atoms. The largest absolute Gasteiger partial charge is 0.366 e. The Morgan fingerprint density at radius 1 is 1.56 bits per heavy atom. The highest BCUT2D eigenvalue weighted by molar-refractivity contribution is 6.76. The summed E-state index contributed by atoms with van der Waals surface area (Å²) in [7, 11) is -1.13. The Labute approximate surface area is 64.8 Å². The molecule has 0 radical (unpaired) electrons. The molecule has 0 bridgehead atoms. The number of rotatable bonds is 4. The molecule has 0 aliphatic carbocycles. The quantitative estimate of drug-likeness (QED) is 0.462. The second-order valence-electron chi connectivity index (χ2n) is 3.21. The third-order valence-corrected chi connectivity index (χ3v) is 2.39. The first-order valence-electron chi connectivity index (χ1n) is 3.63. The molecule has 0 amide bonds. The summed E-state index contributed by atoms with van der Waals surface area (Å²) in [5.41, 5.74) is 0.